The van der Waals surface area contributed by atoms with E-state index in [9.17, 15) is 0 Å². The fourth-order valence-electron chi connectivity index (χ4n) is 5.52. The number of hydrogen-bond acceptors (Lipinski definition) is 8. The standard InChI is InChI=1S/C32H29N7O3/c1-19-26-27(21-13-16-24(40-4)25(17-21)41-5)28-30-34-29(20-11-14-22(15-12-20)37(2)3)36-38(30)18-33-31(28)42-32(26)39(35-19)23-9-7-6-8-10-23/h6-18,27H,1-5H3/t27-/m0/s1. The highest BCUT2D eigenvalue weighted by Crippen LogP contribution is 2.50. The Hall–Kier alpha value is -5.38. The lowest BCUT2D eigenvalue weighted by molar-refractivity contribution is 0.354. The van der Waals surface area contributed by atoms with Crippen molar-refractivity contribution in [2.45, 2.75) is 12.8 Å². The smallest absolute Gasteiger partial charge is 0.230 e. The van der Waals surface area contributed by atoms with E-state index in [1.807, 2.05) is 86.4 Å². The molecule has 0 bridgehead atoms. The molecular weight excluding hydrogens is 530 g/mol. The molecule has 0 saturated carbocycles. The summed E-state index contributed by atoms with van der Waals surface area (Å²) in [6.45, 7) is 2.00. The molecule has 4 heterocycles. The summed E-state index contributed by atoms with van der Waals surface area (Å²) in [5, 5.41) is 9.71. The van der Waals surface area contributed by atoms with Crippen LogP contribution in [0.5, 0.6) is 23.3 Å². The van der Waals surface area contributed by atoms with Gasteiger partial charge in [0.1, 0.15) is 6.33 Å². The van der Waals surface area contributed by atoms with Gasteiger partial charge in [0.15, 0.2) is 23.0 Å². The summed E-state index contributed by atoms with van der Waals surface area (Å²) in [5.74, 6) is 2.62. The second kappa shape index (κ2) is 9.91. The molecule has 0 N–H and O–H groups in total. The van der Waals surface area contributed by atoms with Gasteiger partial charge in [-0.1, -0.05) is 24.3 Å². The zero-order valence-corrected chi connectivity index (χ0v) is 23.9. The molecule has 210 valence electrons. The van der Waals surface area contributed by atoms with Crippen molar-refractivity contribution in [3.63, 3.8) is 0 Å². The zero-order valence-electron chi connectivity index (χ0n) is 23.9. The van der Waals surface area contributed by atoms with Gasteiger partial charge >= 0.3 is 0 Å². The Kier molecular flexibility index (Phi) is 6.04. The van der Waals surface area contributed by atoms with Crippen molar-refractivity contribution in [2.24, 2.45) is 0 Å². The number of ether oxygens (including phenoxy) is 3. The Balaban J connectivity index is 1.46. The minimum atomic E-state index is -0.314. The lowest BCUT2D eigenvalue weighted by Gasteiger charge is -2.26. The van der Waals surface area contributed by atoms with Gasteiger partial charge in [-0.15, -0.1) is 5.10 Å². The predicted molar refractivity (Wildman–Crippen MR) is 159 cm³/mol. The fourth-order valence-corrected chi connectivity index (χ4v) is 5.52. The van der Waals surface area contributed by atoms with Gasteiger partial charge in [0, 0.05) is 25.3 Å². The van der Waals surface area contributed by atoms with Crippen LogP contribution in [-0.2, 0) is 0 Å². The van der Waals surface area contributed by atoms with E-state index < -0.39 is 0 Å². The van der Waals surface area contributed by atoms with E-state index >= 15 is 0 Å². The monoisotopic (exact) mass is 559 g/mol. The van der Waals surface area contributed by atoms with Gasteiger partial charge in [0.2, 0.25) is 11.8 Å². The molecule has 0 amide bonds. The number of hydrogen-bond donors (Lipinski definition) is 0. The molecule has 1 aliphatic rings. The fraction of sp³-hybridized carbons (Fsp3) is 0.188. The molecule has 6 aromatic rings. The van der Waals surface area contributed by atoms with E-state index in [1.54, 1.807) is 25.1 Å². The Morgan fingerprint density at radius 3 is 2.33 bits per heavy atom. The van der Waals surface area contributed by atoms with Crippen molar-refractivity contribution in [1.29, 1.82) is 0 Å². The maximum absolute atomic E-state index is 6.55. The number of fused-ring (bicyclic) bond motifs is 4. The van der Waals surface area contributed by atoms with Crippen LogP contribution in [0.4, 0.5) is 5.69 Å². The summed E-state index contributed by atoms with van der Waals surface area (Å²) in [6, 6.07) is 24.0. The number of anilines is 1. The highest BCUT2D eigenvalue weighted by atomic mass is 16.5. The molecule has 10 heteroatoms. The van der Waals surface area contributed by atoms with E-state index in [0.717, 1.165) is 39.3 Å². The second-order valence-corrected chi connectivity index (χ2v) is 10.3. The molecule has 3 aromatic heterocycles. The lowest BCUT2D eigenvalue weighted by atomic mass is 9.84. The van der Waals surface area contributed by atoms with Crippen LogP contribution < -0.4 is 19.1 Å². The average Bonchev–Trinajstić information content (AvgIpc) is 3.61. The van der Waals surface area contributed by atoms with Crippen LogP contribution in [0.25, 0.3) is 22.7 Å². The Bertz CT molecular complexity index is 1930. The molecule has 10 nitrogen and oxygen atoms in total. The predicted octanol–water partition coefficient (Wildman–Crippen LogP) is 5.65. The summed E-state index contributed by atoms with van der Waals surface area (Å²) in [6.07, 6.45) is 1.64. The van der Waals surface area contributed by atoms with E-state index in [1.165, 1.54) is 0 Å². The quantitative estimate of drug-likeness (QED) is 0.258. The van der Waals surface area contributed by atoms with Crippen molar-refractivity contribution in [3.8, 4) is 40.3 Å². The molecule has 3 aromatic carbocycles. The molecule has 0 aliphatic carbocycles. The van der Waals surface area contributed by atoms with Crippen LogP contribution in [0, 0.1) is 6.92 Å². The van der Waals surface area contributed by atoms with Crippen molar-refractivity contribution in [2.75, 3.05) is 33.2 Å². The van der Waals surface area contributed by atoms with Crippen molar-refractivity contribution in [3.05, 3.63) is 102 Å². The molecule has 42 heavy (non-hydrogen) atoms. The first kappa shape index (κ1) is 25.6. The maximum Gasteiger partial charge on any atom is 0.230 e. The zero-order chi connectivity index (χ0) is 29.0. The van der Waals surface area contributed by atoms with Crippen LogP contribution in [0.2, 0.25) is 0 Å². The number of nitrogens with zero attached hydrogens (tertiary/aromatic N) is 7. The van der Waals surface area contributed by atoms with E-state index in [-0.39, 0.29) is 5.92 Å². The summed E-state index contributed by atoms with van der Waals surface area (Å²) in [4.78, 5) is 11.8. The molecule has 0 spiro atoms. The summed E-state index contributed by atoms with van der Waals surface area (Å²) < 4.78 is 21.3. The minimum absolute atomic E-state index is 0.314. The highest BCUT2D eigenvalue weighted by molar-refractivity contribution is 5.70. The van der Waals surface area contributed by atoms with Gasteiger partial charge in [0.25, 0.3) is 0 Å². The third-order valence-electron chi connectivity index (χ3n) is 7.60. The maximum atomic E-state index is 6.55. The molecule has 1 aliphatic heterocycles. The largest absolute Gasteiger partial charge is 0.493 e. The van der Waals surface area contributed by atoms with Gasteiger partial charge in [-0.3, -0.25) is 0 Å². The number of benzene rings is 3. The van der Waals surface area contributed by atoms with E-state index in [0.29, 0.717) is 34.7 Å². The molecule has 0 saturated heterocycles. The van der Waals surface area contributed by atoms with E-state index in [4.69, 9.17) is 34.4 Å². The first-order chi connectivity index (χ1) is 20.5. The summed E-state index contributed by atoms with van der Waals surface area (Å²) >= 11 is 0. The average molecular weight is 560 g/mol. The topological polar surface area (TPSA) is 91.8 Å². The normalized spacial score (nSPS) is 13.8. The molecule has 0 radical (unpaired) electrons. The van der Waals surface area contributed by atoms with Crippen LogP contribution in [0.1, 0.15) is 28.3 Å². The highest BCUT2D eigenvalue weighted by Gasteiger charge is 2.38. The number of para-hydroxylation sites is 1. The summed E-state index contributed by atoms with van der Waals surface area (Å²) in [5.41, 5.74) is 7.08. The van der Waals surface area contributed by atoms with Crippen LogP contribution >= 0.6 is 0 Å². The van der Waals surface area contributed by atoms with Crippen LogP contribution in [0.3, 0.4) is 0 Å². The SMILES string of the molecule is COc1ccc([C@H]2c3c(C)nn(-c4ccccc4)c3Oc3ncn4nc(-c5ccc(N(C)C)cc5)nc4c32)cc1OC. The second-order valence-electron chi connectivity index (χ2n) is 10.3. The molecular formula is C32H29N7O3. The molecule has 0 fully saturated rings. The molecule has 0 unspecified atom stereocenters. The van der Waals surface area contributed by atoms with Gasteiger partial charge in [-0.25, -0.2) is 19.2 Å². The first-order valence-corrected chi connectivity index (χ1v) is 13.5. The number of aryl methyl sites for hydroxylation is 1. The molecule has 1 atom stereocenters. The van der Waals surface area contributed by atoms with Gasteiger partial charge < -0.3 is 19.1 Å². The Morgan fingerprint density at radius 1 is 0.857 bits per heavy atom. The Labute approximate surface area is 242 Å². The third-order valence-corrected chi connectivity index (χ3v) is 7.60. The first-order valence-electron chi connectivity index (χ1n) is 13.5. The van der Waals surface area contributed by atoms with Gasteiger partial charge in [-0.05, 0) is 61.0 Å². The van der Waals surface area contributed by atoms with Gasteiger partial charge in [-0.2, -0.15) is 5.10 Å². The summed E-state index contributed by atoms with van der Waals surface area (Å²) in [7, 11) is 7.29. The molecule has 7 rings (SSSR count). The number of methoxy groups -OCH3 is 2. The lowest BCUT2D eigenvalue weighted by Crippen LogP contribution is -2.16. The number of rotatable bonds is 6. The van der Waals surface area contributed by atoms with Crippen LogP contribution in [0.15, 0.2) is 79.1 Å². The van der Waals surface area contributed by atoms with Crippen molar-refractivity contribution < 1.29 is 14.2 Å². The van der Waals surface area contributed by atoms with Crippen molar-refractivity contribution >= 4 is 11.3 Å². The van der Waals surface area contributed by atoms with Gasteiger partial charge in [0.05, 0.1) is 42.6 Å². The third kappa shape index (κ3) is 4.02. The van der Waals surface area contributed by atoms with Crippen molar-refractivity contribution in [1.82, 2.24) is 29.4 Å². The number of aromatic nitrogens is 6. The minimum Gasteiger partial charge on any atom is -0.493 e. The Morgan fingerprint density at radius 2 is 1.62 bits per heavy atom. The van der Waals surface area contributed by atoms with Crippen LogP contribution in [-0.4, -0.2) is 57.7 Å². The van der Waals surface area contributed by atoms with E-state index in [2.05, 4.69) is 17.0 Å².